The van der Waals surface area contributed by atoms with E-state index in [0.717, 1.165) is 70.5 Å². The van der Waals surface area contributed by atoms with Crippen molar-refractivity contribution in [3.05, 3.63) is 35.9 Å². The van der Waals surface area contributed by atoms with Crippen LogP contribution in [0, 0.1) is 82.9 Å². The quantitative estimate of drug-likeness (QED) is 0.277. The maximum atomic E-state index is 2.54. The highest BCUT2D eigenvalue weighted by Gasteiger charge is 2.48. The summed E-state index contributed by atoms with van der Waals surface area (Å²) in [5.74, 6) is 11.7. The zero-order chi connectivity index (χ0) is 48.9. The van der Waals surface area contributed by atoms with Gasteiger partial charge in [-0.3, -0.25) is 0 Å². The van der Waals surface area contributed by atoms with Crippen LogP contribution in [-0.2, 0) is 0 Å². The van der Waals surface area contributed by atoms with Crippen molar-refractivity contribution in [3.63, 3.8) is 0 Å². The third-order valence-corrected chi connectivity index (χ3v) is 12.8. The topological polar surface area (TPSA) is 0 Å². The molecule has 8 saturated carbocycles. The molecule has 0 N–H and O–H groups in total. The Balaban J connectivity index is -0.000000311. The number of hydrogen-bond acceptors (Lipinski definition) is 0. The summed E-state index contributed by atoms with van der Waals surface area (Å²) < 4.78 is 0. The first kappa shape index (κ1) is 67.8. The van der Waals surface area contributed by atoms with E-state index in [0.29, 0.717) is 5.41 Å². The minimum Gasteiger partial charge on any atom is -0.0683 e. The summed E-state index contributed by atoms with van der Waals surface area (Å²) in [5, 5.41) is 0. The maximum absolute atomic E-state index is 2.54. The Bertz CT molecular complexity index is 920. The lowest BCUT2D eigenvalue weighted by Gasteiger charge is -2.55. The van der Waals surface area contributed by atoms with E-state index in [1.54, 1.807) is 70.6 Å². The van der Waals surface area contributed by atoms with Crippen LogP contribution >= 0.6 is 0 Å². The molecule has 374 valence electrons. The number of benzene rings is 1. The lowest BCUT2D eigenvalue weighted by Crippen LogP contribution is -2.44. The van der Waals surface area contributed by atoms with Crippen LogP contribution in [0.4, 0.5) is 0 Å². The summed E-state index contributed by atoms with van der Waals surface area (Å²) in [6, 6.07) is 10.3. The monoisotopic (exact) mass is 871 g/mol. The Labute approximate surface area is 398 Å². The van der Waals surface area contributed by atoms with Crippen LogP contribution < -0.4 is 0 Å². The Morgan fingerprint density at radius 2 is 0.774 bits per heavy atom. The average molecular weight is 872 g/mol. The largest absolute Gasteiger partial charge is 0.0683 e. The second-order valence-electron chi connectivity index (χ2n) is 24.1. The predicted octanol–water partition coefficient (Wildman–Crippen LogP) is 22.6. The summed E-state index contributed by atoms with van der Waals surface area (Å²) in [6.45, 7) is 52.7. The highest BCUT2D eigenvalue weighted by molar-refractivity contribution is 5.11. The van der Waals surface area contributed by atoms with Crippen molar-refractivity contribution in [2.75, 3.05) is 0 Å². The van der Waals surface area contributed by atoms with Crippen LogP contribution in [0.5, 0.6) is 0 Å². The Morgan fingerprint density at radius 1 is 0.516 bits per heavy atom. The van der Waals surface area contributed by atoms with E-state index in [2.05, 4.69) is 164 Å². The van der Waals surface area contributed by atoms with Gasteiger partial charge in [-0.15, -0.1) is 0 Å². The molecule has 0 spiro atoms. The molecule has 0 aliphatic heterocycles. The number of unbranched alkanes of at least 4 members (excludes halogenated alkanes) is 3. The van der Waals surface area contributed by atoms with Gasteiger partial charge in [-0.25, -0.2) is 0 Å². The van der Waals surface area contributed by atoms with E-state index in [-0.39, 0.29) is 0 Å². The normalized spacial score (nSPS) is 27.0. The molecule has 0 radical (unpaired) electrons. The Kier molecular flexibility index (Phi) is 45.5. The molecule has 0 nitrogen and oxygen atoms in total. The Hall–Kier alpha value is -0.780. The number of rotatable bonds is 5. The standard InChI is InChI=1S/2C11H18.C7H8.4C5H12.2C4H10.C3H8.C2H6/c1-11-5-8-2-9(6-11)4-10(3-8)7-11;1-7-10-3-8-2-9(5-10)6-11(7)4-8;1-7-5-3-2-4-6-7;1-5(2,3)4;2*1-4-5(2)3;1-3-5-4-2;1-4(2)3;1-3-4-2;1-3-2;1-2/h8-10H,2-7H2,1H3;7-11H,2-6H2,1H3;2-6H,1H3;1-4H3;2*5H,4H2,1-3H3;3-5H2,1-2H3;4H,1-3H3;3-4H2,1-2H3;3H2,1-2H3;1-2H3. The summed E-state index contributed by atoms with van der Waals surface area (Å²) in [7, 11) is 0. The molecule has 0 saturated heterocycles. The van der Waals surface area contributed by atoms with Crippen molar-refractivity contribution in [1.82, 2.24) is 0 Å². The van der Waals surface area contributed by atoms with Crippen LogP contribution in [0.3, 0.4) is 0 Å². The third-order valence-electron chi connectivity index (χ3n) is 12.8. The molecule has 8 fully saturated rings. The molecule has 1 aromatic carbocycles. The molecular weight excluding hydrogens is 745 g/mol. The van der Waals surface area contributed by atoms with Gasteiger partial charge in [0.15, 0.2) is 0 Å². The summed E-state index contributed by atoms with van der Waals surface area (Å²) in [4.78, 5) is 0. The zero-order valence-corrected chi connectivity index (χ0v) is 48.2. The van der Waals surface area contributed by atoms with Crippen molar-refractivity contribution < 1.29 is 0 Å². The molecule has 8 aliphatic carbocycles. The van der Waals surface area contributed by atoms with Gasteiger partial charge in [-0.2, -0.15) is 0 Å². The fourth-order valence-corrected chi connectivity index (χ4v) is 9.63. The van der Waals surface area contributed by atoms with Crippen molar-refractivity contribution >= 4 is 0 Å². The van der Waals surface area contributed by atoms with E-state index in [4.69, 9.17) is 0 Å². The summed E-state index contributed by atoms with van der Waals surface area (Å²) in [6.07, 6.45) is 28.0. The fraction of sp³-hybridized carbons (Fsp3) is 0.903. The third kappa shape index (κ3) is 41.9. The van der Waals surface area contributed by atoms with Crippen LogP contribution in [0.1, 0.15) is 287 Å². The minimum absolute atomic E-state index is 0.500. The predicted molar refractivity (Wildman–Crippen MR) is 293 cm³/mol. The number of aryl methyl sites for hydroxylation is 1. The van der Waals surface area contributed by atoms with Gasteiger partial charge in [0.05, 0.1) is 0 Å². The molecule has 1 aromatic rings. The maximum Gasteiger partial charge on any atom is -0.0318 e. The van der Waals surface area contributed by atoms with E-state index in [1.807, 2.05) is 32.0 Å². The van der Waals surface area contributed by atoms with E-state index in [9.17, 15) is 0 Å². The van der Waals surface area contributed by atoms with Gasteiger partial charge in [0.25, 0.3) is 0 Å². The second-order valence-corrected chi connectivity index (χ2v) is 24.1. The van der Waals surface area contributed by atoms with Gasteiger partial charge in [-0.05, 0) is 153 Å². The SMILES string of the molecule is CC.CC(C)(C)C.CC(C)C.CC12CC3CC(CC(C3)C1)C2.CC1C2CC3CC(C2)CC1C3.CCC.CCC(C)C.CCC(C)C.CCCC.CCCCC.Cc1ccccc1. The molecule has 0 atom stereocenters. The molecule has 62 heavy (non-hydrogen) atoms. The molecule has 0 aromatic heterocycles. The van der Waals surface area contributed by atoms with Crippen LogP contribution in [0.15, 0.2) is 30.3 Å². The second kappa shape index (κ2) is 41.6. The van der Waals surface area contributed by atoms with Crippen LogP contribution in [0.2, 0.25) is 0 Å². The van der Waals surface area contributed by atoms with Crippen molar-refractivity contribution in [2.45, 2.75) is 288 Å². The van der Waals surface area contributed by atoms with Gasteiger partial charge in [0.1, 0.15) is 0 Å². The smallest absolute Gasteiger partial charge is 0.0318 e. The van der Waals surface area contributed by atoms with Crippen molar-refractivity contribution in [2.24, 2.45) is 75.9 Å². The fourth-order valence-electron chi connectivity index (χ4n) is 9.63. The lowest BCUT2D eigenvalue weighted by atomic mass is 9.50. The lowest BCUT2D eigenvalue weighted by molar-refractivity contribution is -0.0411. The average Bonchev–Trinajstić information content (AvgIpc) is 3.18. The van der Waals surface area contributed by atoms with Crippen LogP contribution in [0.25, 0.3) is 0 Å². The summed E-state index contributed by atoms with van der Waals surface area (Å²) >= 11 is 0. The molecule has 8 bridgehead atoms. The van der Waals surface area contributed by atoms with Gasteiger partial charge >= 0.3 is 0 Å². The first-order valence-electron chi connectivity index (χ1n) is 28.0. The van der Waals surface area contributed by atoms with E-state index < -0.39 is 0 Å². The highest BCUT2D eigenvalue weighted by atomic mass is 14.5. The highest BCUT2D eigenvalue weighted by Crippen LogP contribution is 2.59. The first-order valence-corrected chi connectivity index (χ1v) is 28.0. The summed E-state index contributed by atoms with van der Waals surface area (Å²) in [5.41, 5.74) is 2.62. The molecule has 0 heterocycles. The first-order chi connectivity index (χ1) is 29.0. The minimum atomic E-state index is 0.500. The van der Waals surface area contributed by atoms with Crippen molar-refractivity contribution in [3.8, 4) is 0 Å². The number of hydrogen-bond donors (Lipinski definition) is 0. The van der Waals surface area contributed by atoms with E-state index >= 15 is 0 Å². The molecule has 8 aliphatic rings. The molecule has 9 rings (SSSR count). The van der Waals surface area contributed by atoms with Gasteiger partial charge in [0.2, 0.25) is 0 Å². The molecule has 0 heteroatoms. The molecular formula is C62H126. The van der Waals surface area contributed by atoms with Gasteiger partial charge < -0.3 is 0 Å². The van der Waals surface area contributed by atoms with E-state index in [1.165, 1.54) is 56.9 Å². The van der Waals surface area contributed by atoms with Crippen molar-refractivity contribution in [1.29, 1.82) is 0 Å². The van der Waals surface area contributed by atoms with Crippen LogP contribution in [-0.4, -0.2) is 0 Å². The molecule has 0 amide bonds. The van der Waals surface area contributed by atoms with Gasteiger partial charge in [0, 0.05) is 0 Å². The van der Waals surface area contributed by atoms with Gasteiger partial charge in [-0.1, -0.05) is 247 Å². The molecule has 0 unspecified atom stereocenters. The zero-order valence-electron chi connectivity index (χ0n) is 48.2. The Morgan fingerprint density at radius 3 is 0.935 bits per heavy atom.